The van der Waals surface area contributed by atoms with Crippen molar-refractivity contribution in [2.24, 2.45) is 7.05 Å². The Morgan fingerprint density at radius 1 is 1.00 bits per heavy atom. The van der Waals surface area contributed by atoms with E-state index in [1.807, 2.05) is 42.6 Å². The van der Waals surface area contributed by atoms with Crippen LogP contribution in [0.15, 0.2) is 48.7 Å². The molecule has 0 aliphatic carbocycles. The Labute approximate surface area is 124 Å². The average molecular weight is 280 g/mol. The van der Waals surface area contributed by atoms with Gasteiger partial charge >= 0.3 is 0 Å². The van der Waals surface area contributed by atoms with Gasteiger partial charge in [0.05, 0.1) is 22.8 Å². The smallest absolute Gasteiger partial charge is 0.126 e. The van der Waals surface area contributed by atoms with Gasteiger partial charge in [-0.05, 0) is 38.1 Å². The number of benzene rings is 1. The molecular weight excluding hydrogens is 260 g/mol. The quantitative estimate of drug-likeness (QED) is 0.796. The van der Waals surface area contributed by atoms with Crippen molar-refractivity contribution in [3.63, 3.8) is 0 Å². The molecule has 0 amide bonds. The third-order valence-electron chi connectivity index (χ3n) is 3.84. The van der Waals surface area contributed by atoms with Crippen molar-refractivity contribution in [3.8, 4) is 0 Å². The normalized spacial score (nSPS) is 14.2. The molecule has 0 aliphatic rings. The summed E-state index contributed by atoms with van der Waals surface area (Å²) in [6.45, 7) is 4.27. The first-order valence-electron chi connectivity index (χ1n) is 7.25. The van der Waals surface area contributed by atoms with Gasteiger partial charge in [0, 0.05) is 19.3 Å². The lowest BCUT2D eigenvalue weighted by molar-refractivity contribution is 0.462. The van der Waals surface area contributed by atoms with E-state index in [0.29, 0.717) is 0 Å². The highest BCUT2D eigenvalue weighted by molar-refractivity contribution is 5.75. The number of aromatic nitrogens is 3. The van der Waals surface area contributed by atoms with Gasteiger partial charge in [0.25, 0.3) is 0 Å². The Bertz CT molecular complexity index is 733. The Morgan fingerprint density at radius 3 is 2.48 bits per heavy atom. The fourth-order valence-electron chi connectivity index (χ4n) is 2.72. The Morgan fingerprint density at radius 2 is 1.76 bits per heavy atom. The van der Waals surface area contributed by atoms with Gasteiger partial charge < -0.3 is 4.57 Å². The van der Waals surface area contributed by atoms with Crippen LogP contribution in [-0.2, 0) is 7.05 Å². The van der Waals surface area contributed by atoms with Crippen LogP contribution in [0.1, 0.15) is 37.4 Å². The lowest BCUT2D eigenvalue weighted by atomic mass is 10.2. The molecule has 1 aromatic carbocycles. The number of para-hydroxylation sites is 2. The molecule has 0 bridgehead atoms. The summed E-state index contributed by atoms with van der Waals surface area (Å²) in [6.07, 6.45) is 1.83. The zero-order valence-corrected chi connectivity index (χ0v) is 12.6. The van der Waals surface area contributed by atoms with E-state index in [9.17, 15) is 0 Å². The minimum absolute atomic E-state index is 0.152. The van der Waals surface area contributed by atoms with Crippen molar-refractivity contribution in [1.82, 2.24) is 19.9 Å². The fraction of sp³-hybridized carbons (Fsp3) is 0.294. The number of imidazole rings is 1. The standard InChI is InChI=1S/C17H20N4/c1-12(14-8-6-7-11-18-14)19-13(2)17-20-15-9-4-5-10-16(15)21(17)3/h4-13,19H,1-3H3/t12-,13?/m1/s1. The molecule has 4 heteroatoms. The molecule has 2 aromatic heterocycles. The molecule has 2 heterocycles. The molecule has 0 fully saturated rings. The van der Waals surface area contributed by atoms with Crippen LogP contribution in [0.25, 0.3) is 11.0 Å². The fourth-order valence-corrected chi connectivity index (χ4v) is 2.72. The minimum atomic E-state index is 0.152. The van der Waals surface area contributed by atoms with Crippen molar-refractivity contribution in [3.05, 3.63) is 60.2 Å². The maximum absolute atomic E-state index is 4.74. The molecule has 21 heavy (non-hydrogen) atoms. The number of pyridine rings is 1. The van der Waals surface area contributed by atoms with E-state index in [2.05, 4.69) is 41.8 Å². The van der Waals surface area contributed by atoms with Crippen LogP contribution >= 0.6 is 0 Å². The monoisotopic (exact) mass is 280 g/mol. The van der Waals surface area contributed by atoms with Gasteiger partial charge in [-0.1, -0.05) is 18.2 Å². The predicted molar refractivity (Wildman–Crippen MR) is 84.9 cm³/mol. The summed E-state index contributed by atoms with van der Waals surface area (Å²) in [5.74, 6) is 1.04. The maximum Gasteiger partial charge on any atom is 0.126 e. The molecule has 0 aliphatic heterocycles. The first-order valence-corrected chi connectivity index (χ1v) is 7.25. The molecule has 4 nitrogen and oxygen atoms in total. The predicted octanol–water partition coefficient (Wildman–Crippen LogP) is 3.38. The molecule has 0 radical (unpaired) electrons. The van der Waals surface area contributed by atoms with Gasteiger partial charge in [-0.3, -0.25) is 10.3 Å². The van der Waals surface area contributed by atoms with E-state index in [-0.39, 0.29) is 12.1 Å². The van der Waals surface area contributed by atoms with Crippen molar-refractivity contribution >= 4 is 11.0 Å². The summed E-state index contributed by atoms with van der Waals surface area (Å²) in [7, 11) is 2.06. The van der Waals surface area contributed by atoms with E-state index in [4.69, 9.17) is 4.98 Å². The van der Waals surface area contributed by atoms with E-state index in [1.165, 1.54) is 0 Å². The lowest BCUT2D eigenvalue weighted by Crippen LogP contribution is -2.25. The van der Waals surface area contributed by atoms with Crippen molar-refractivity contribution in [1.29, 1.82) is 0 Å². The van der Waals surface area contributed by atoms with Crippen LogP contribution in [0.2, 0.25) is 0 Å². The van der Waals surface area contributed by atoms with Crippen molar-refractivity contribution in [2.75, 3.05) is 0 Å². The zero-order chi connectivity index (χ0) is 14.8. The van der Waals surface area contributed by atoms with Gasteiger partial charge in [0.2, 0.25) is 0 Å². The minimum Gasteiger partial charge on any atom is -0.330 e. The number of hydrogen-bond donors (Lipinski definition) is 1. The molecule has 1 unspecified atom stereocenters. The molecule has 3 rings (SSSR count). The van der Waals surface area contributed by atoms with Gasteiger partial charge in [0.1, 0.15) is 5.82 Å². The number of nitrogens with one attached hydrogen (secondary N) is 1. The van der Waals surface area contributed by atoms with Crippen molar-refractivity contribution < 1.29 is 0 Å². The SMILES string of the molecule is CC(N[C@H](C)c1ccccn1)c1nc2ccccc2n1C. The number of rotatable bonds is 4. The average Bonchev–Trinajstić information content (AvgIpc) is 2.86. The third kappa shape index (κ3) is 2.67. The summed E-state index contributed by atoms with van der Waals surface area (Å²) < 4.78 is 2.15. The third-order valence-corrected chi connectivity index (χ3v) is 3.84. The maximum atomic E-state index is 4.74. The van der Waals surface area contributed by atoms with Gasteiger partial charge in [-0.25, -0.2) is 4.98 Å². The first-order chi connectivity index (χ1) is 10.2. The molecule has 108 valence electrons. The largest absolute Gasteiger partial charge is 0.330 e. The number of fused-ring (bicyclic) bond motifs is 1. The lowest BCUT2D eigenvalue weighted by Gasteiger charge is -2.19. The highest BCUT2D eigenvalue weighted by atomic mass is 15.1. The highest BCUT2D eigenvalue weighted by Crippen LogP contribution is 2.21. The summed E-state index contributed by atoms with van der Waals surface area (Å²) in [4.78, 5) is 9.14. The van der Waals surface area contributed by atoms with Crippen LogP contribution < -0.4 is 5.32 Å². The molecule has 3 aromatic rings. The van der Waals surface area contributed by atoms with E-state index < -0.39 is 0 Å². The van der Waals surface area contributed by atoms with E-state index in [1.54, 1.807) is 0 Å². The van der Waals surface area contributed by atoms with Crippen LogP contribution in [0, 0.1) is 0 Å². The molecular formula is C17H20N4. The number of nitrogens with zero attached hydrogens (tertiary/aromatic N) is 3. The molecule has 2 atom stereocenters. The second-order valence-electron chi connectivity index (χ2n) is 5.38. The van der Waals surface area contributed by atoms with Gasteiger partial charge in [-0.2, -0.15) is 0 Å². The molecule has 0 saturated carbocycles. The molecule has 1 N–H and O–H groups in total. The summed E-state index contributed by atoms with van der Waals surface area (Å²) in [5.41, 5.74) is 3.24. The molecule has 0 saturated heterocycles. The summed E-state index contributed by atoms with van der Waals surface area (Å²) >= 11 is 0. The van der Waals surface area contributed by atoms with Crippen LogP contribution in [-0.4, -0.2) is 14.5 Å². The number of hydrogen-bond acceptors (Lipinski definition) is 3. The van der Waals surface area contributed by atoms with Gasteiger partial charge in [0.15, 0.2) is 0 Å². The Balaban J connectivity index is 1.84. The van der Waals surface area contributed by atoms with Gasteiger partial charge in [-0.15, -0.1) is 0 Å². The molecule has 0 spiro atoms. The topological polar surface area (TPSA) is 42.7 Å². The second-order valence-corrected chi connectivity index (χ2v) is 5.38. The Kier molecular flexibility index (Phi) is 3.71. The second kappa shape index (κ2) is 5.66. The summed E-state index contributed by atoms with van der Waals surface area (Å²) in [5, 5.41) is 3.57. The van der Waals surface area contributed by atoms with E-state index >= 15 is 0 Å². The number of aryl methyl sites for hydroxylation is 1. The Hall–Kier alpha value is -2.20. The first kappa shape index (κ1) is 13.8. The van der Waals surface area contributed by atoms with Crippen LogP contribution in [0.3, 0.4) is 0 Å². The zero-order valence-electron chi connectivity index (χ0n) is 12.6. The van der Waals surface area contributed by atoms with E-state index in [0.717, 1.165) is 22.6 Å². The van der Waals surface area contributed by atoms with Crippen LogP contribution in [0.4, 0.5) is 0 Å². The highest BCUT2D eigenvalue weighted by Gasteiger charge is 2.17. The summed E-state index contributed by atoms with van der Waals surface area (Å²) in [6, 6.07) is 14.5. The van der Waals surface area contributed by atoms with Crippen molar-refractivity contribution in [2.45, 2.75) is 25.9 Å². The van der Waals surface area contributed by atoms with Crippen LogP contribution in [0.5, 0.6) is 0 Å².